The number of anilines is 6. The molecular weight excluding hydrogens is 605 g/mol. The van der Waals surface area contributed by atoms with Crippen molar-refractivity contribution in [1.29, 1.82) is 0 Å². The van der Waals surface area contributed by atoms with Gasteiger partial charge in [-0.2, -0.15) is 0 Å². The van der Waals surface area contributed by atoms with Crippen LogP contribution in [0, 0.1) is 0 Å². The molecule has 48 heavy (non-hydrogen) atoms. The van der Waals surface area contributed by atoms with Crippen LogP contribution in [0.15, 0.2) is 138 Å². The third-order valence-electron chi connectivity index (χ3n) is 10.8. The molecule has 2 aliphatic rings. The molecule has 2 aliphatic heterocycles. The Balaban J connectivity index is 1.11. The molecule has 0 amide bonds. The molecule has 2 aromatic heterocycles. The van der Waals surface area contributed by atoms with Gasteiger partial charge in [-0.25, -0.2) is 0 Å². The first-order valence-electron chi connectivity index (χ1n) is 16.7. The fourth-order valence-corrected chi connectivity index (χ4v) is 9.60. The molecule has 232 valence electrons. The number of thiophene rings is 1. The molecule has 0 unspecified atom stereocenters. The van der Waals surface area contributed by atoms with Crippen LogP contribution >= 0.6 is 11.3 Å². The maximum Gasteiger partial charge on any atom is 0.154 e. The van der Waals surface area contributed by atoms with Crippen molar-refractivity contribution in [3.05, 3.63) is 156 Å². The minimum absolute atomic E-state index is 0.0805. The van der Waals surface area contributed by atoms with Gasteiger partial charge < -0.3 is 14.2 Å². The van der Waals surface area contributed by atoms with E-state index in [1.54, 1.807) is 0 Å². The highest BCUT2D eigenvalue weighted by Gasteiger charge is 2.38. The molecule has 0 atom stereocenters. The van der Waals surface area contributed by atoms with Gasteiger partial charge in [0.1, 0.15) is 5.58 Å². The van der Waals surface area contributed by atoms with Crippen LogP contribution in [0.5, 0.6) is 0 Å². The molecule has 0 spiro atoms. The SMILES string of the molecule is CC1(C)c2ccccc2N(c2ccc3c(c2)oc2c4ccc(N5c6ccccc6C(C)(C)c6ccccc65)cc4sc32)c2ccccc21. The highest BCUT2D eigenvalue weighted by molar-refractivity contribution is 7.26. The van der Waals surface area contributed by atoms with Crippen molar-refractivity contribution >= 4 is 76.8 Å². The molecule has 4 heterocycles. The molecule has 0 bridgehead atoms. The van der Waals surface area contributed by atoms with Crippen LogP contribution in [-0.4, -0.2) is 0 Å². The summed E-state index contributed by atoms with van der Waals surface area (Å²) in [5.74, 6) is 0. The van der Waals surface area contributed by atoms with Gasteiger partial charge in [0.2, 0.25) is 0 Å². The largest absolute Gasteiger partial charge is 0.454 e. The first-order chi connectivity index (χ1) is 23.3. The van der Waals surface area contributed by atoms with Crippen molar-refractivity contribution < 1.29 is 4.42 Å². The average Bonchev–Trinajstić information content (AvgIpc) is 3.64. The topological polar surface area (TPSA) is 19.6 Å². The van der Waals surface area contributed by atoms with E-state index in [9.17, 15) is 0 Å². The first kappa shape index (κ1) is 27.8. The monoisotopic (exact) mass is 638 g/mol. The standard InChI is InChI=1S/C44H34N2OS/c1-43(2)31-13-5-9-17-35(31)45(36-18-10-6-14-32(36)43)27-21-23-29-39(25-27)47-41-30-24-22-28(26-40(30)48-42(29)41)46-37-19-11-7-15-33(37)44(3,4)34-16-8-12-20-38(34)46/h5-26H,1-4H3. The molecule has 0 N–H and O–H groups in total. The van der Waals surface area contributed by atoms with Crippen molar-refractivity contribution in [3.63, 3.8) is 0 Å². The van der Waals surface area contributed by atoms with Crippen LogP contribution in [-0.2, 0) is 10.8 Å². The summed E-state index contributed by atoms with van der Waals surface area (Å²) in [4.78, 5) is 4.82. The lowest BCUT2D eigenvalue weighted by molar-refractivity contribution is 0.631. The van der Waals surface area contributed by atoms with Crippen molar-refractivity contribution in [3.8, 4) is 0 Å². The number of fused-ring (bicyclic) bond motifs is 9. The zero-order valence-electron chi connectivity index (χ0n) is 27.4. The summed E-state index contributed by atoms with van der Waals surface area (Å²) in [5.41, 5.74) is 14.2. The lowest BCUT2D eigenvalue weighted by Crippen LogP contribution is -2.30. The molecular formula is C44H34N2OS. The predicted molar refractivity (Wildman–Crippen MR) is 203 cm³/mol. The highest BCUT2D eigenvalue weighted by Crippen LogP contribution is 2.54. The number of para-hydroxylation sites is 4. The summed E-state index contributed by atoms with van der Waals surface area (Å²) in [6.07, 6.45) is 0. The van der Waals surface area contributed by atoms with E-state index in [0.29, 0.717) is 0 Å². The van der Waals surface area contributed by atoms with Crippen LogP contribution in [0.1, 0.15) is 49.9 Å². The third-order valence-corrected chi connectivity index (χ3v) is 12.0. The maximum absolute atomic E-state index is 6.75. The number of rotatable bonds is 2. The van der Waals surface area contributed by atoms with Gasteiger partial charge in [0.15, 0.2) is 5.58 Å². The second-order valence-electron chi connectivity index (χ2n) is 14.2. The van der Waals surface area contributed by atoms with Gasteiger partial charge in [-0.05, 0) is 76.9 Å². The molecule has 0 aliphatic carbocycles. The Hall–Kier alpha value is -5.32. The number of furan rings is 1. The lowest BCUT2D eigenvalue weighted by atomic mass is 9.73. The van der Waals surface area contributed by atoms with E-state index in [2.05, 4.69) is 171 Å². The van der Waals surface area contributed by atoms with Crippen LogP contribution in [0.3, 0.4) is 0 Å². The molecule has 0 fully saturated rings. The van der Waals surface area contributed by atoms with E-state index in [0.717, 1.165) is 27.6 Å². The summed E-state index contributed by atoms with van der Waals surface area (Å²) in [6.45, 7) is 9.31. The lowest BCUT2D eigenvalue weighted by Gasteiger charge is -2.42. The zero-order chi connectivity index (χ0) is 32.4. The Kier molecular flexibility index (Phi) is 5.56. The van der Waals surface area contributed by atoms with E-state index in [1.807, 2.05) is 11.3 Å². The van der Waals surface area contributed by atoms with Gasteiger partial charge >= 0.3 is 0 Å². The van der Waals surface area contributed by atoms with E-state index < -0.39 is 0 Å². The Morgan fingerprint density at radius 3 is 1.38 bits per heavy atom. The number of hydrogen-bond acceptors (Lipinski definition) is 4. The van der Waals surface area contributed by atoms with Crippen molar-refractivity contribution in [2.24, 2.45) is 0 Å². The molecule has 8 aromatic rings. The van der Waals surface area contributed by atoms with E-state index in [-0.39, 0.29) is 10.8 Å². The van der Waals surface area contributed by atoms with Gasteiger partial charge in [0, 0.05) is 43.7 Å². The van der Waals surface area contributed by atoms with Crippen molar-refractivity contribution in [1.82, 2.24) is 0 Å². The summed E-state index contributed by atoms with van der Waals surface area (Å²) in [5, 5.41) is 2.32. The third kappa shape index (κ3) is 3.64. The van der Waals surface area contributed by atoms with Gasteiger partial charge in [0.05, 0.1) is 27.4 Å². The predicted octanol–water partition coefficient (Wildman–Crippen LogP) is 13.0. The average molecular weight is 639 g/mol. The Morgan fingerprint density at radius 1 is 0.479 bits per heavy atom. The Bertz CT molecular complexity index is 2320. The summed E-state index contributed by atoms with van der Waals surface area (Å²) < 4.78 is 9.18. The van der Waals surface area contributed by atoms with Crippen molar-refractivity contribution in [2.75, 3.05) is 9.80 Å². The highest BCUT2D eigenvalue weighted by atomic mass is 32.1. The van der Waals surface area contributed by atoms with E-state index in [4.69, 9.17) is 4.42 Å². The van der Waals surface area contributed by atoms with Crippen LogP contribution < -0.4 is 9.80 Å². The molecule has 0 radical (unpaired) electrons. The summed E-state index contributed by atoms with van der Waals surface area (Å²) in [7, 11) is 0. The summed E-state index contributed by atoms with van der Waals surface area (Å²) >= 11 is 1.82. The van der Waals surface area contributed by atoms with Gasteiger partial charge in [0.25, 0.3) is 0 Å². The Morgan fingerprint density at radius 2 is 0.896 bits per heavy atom. The number of nitrogens with zero attached hydrogens (tertiary/aromatic N) is 2. The second kappa shape index (κ2) is 9.62. The van der Waals surface area contributed by atoms with Gasteiger partial charge in [-0.1, -0.05) is 100 Å². The first-order valence-corrected chi connectivity index (χ1v) is 17.5. The number of benzene rings is 6. The number of hydrogen-bond donors (Lipinski definition) is 0. The molecule has 3 nitrogen and oxygen atoms in total. The van der Waals surface area contributed by atoms with E-state index >= 15 is 0 Å². The molecule has 0 saturated carbocycles. The fraction of sp³-hybridized carbons (Fsp3) is 0.136. The van der Waals surface area contributed by atoms with Crippen LogP contribution in [0.4, 0.5) is 34.1 Å². The van der Waals surface area contributed by atoms with Crippen LogP contribution in [0.25, 0.3) is 31.3 Å². The molecule has 6 aromatic carbocycles. The van der Waals surface area contributed by atoms with Crippen LogP contribution in [0.2, 0.25) is 0 Å². The zero-order valence-corrected chi connectivity index (χ0v) is 28.2. The molecule has 0 saturated heterocycles. The Labute approximate surface area is 284 Å². The fourth-order valence-electron chi connectivity index (χ4n) is 8.41. The second-order valence-corrected chi connectivity index (χ2v) is 15.3. The molecule has 4 heteroatoms. The maximum atomic E-state index is 6.75. The van der Waals surface area contributed by atoms with Gasteiger partial charge in [-0.3, -0.25) is 0 Å². The minimum atomic E-state index is -0.0899. The summed E-state index contributed by atoms with van der Waals surface area (Å²) in [6, 6.07) is 48.8. The van der Waals surface area contributed by atoms with Crippen molar-refractivity contribution in [2.45, 2.75) is 38.5 Å². The smallest absolute Gasteiger partial charge is 0.154 e. The minimum Gasteiger partial charge on any atom is -0.454 e. The van der Waals surface area contributed by atoms with E-state index in [1.165, 1.54) is 60.1 Å². The normalized spacial score (nSPS) is 15.8. The quantitative estimate of drug-likeness (QED) is 0.188. The molecule has 10 rings (SSSR count). The van der Waals surface area contributed by atoms with Gasteiger partial charge in [-0.15, -0.1) is 11.3 Å².